The van der Waals surface area contributed by atoms with Crippen LogP contribution in [0.3, 0.4) is 0 Å². The normalized spacial score (nSPS) is 10.4. The number of hydrogen-bond acceptors (Lipinski definition) is 5. The number of nitrogens with zero attached hydrogens (tertiary/aromatic N) is 2. The van der Waals surface area contributed by atoms with Gasteiger partial charge in [0.15, 0.2) is 8.96 Å². The van der Waals surface area contributed by atoms with E-state index in [0.717, 1.165) is 16.5 Å². The second kappa shape index (κ2) is 2.80. The number of aromatic amines is 1. The number of nitrogens with one attached hydrogen (secondary N) is 1. The van der Waals surface area contributed by atoms with Crippen LogP contribution in [-0.4, -0.2) is 15.4 Å². The highest BCUT2D eigenvalue weighted by molar-refractivity contribution is 7.73. The van der Waals surface area contributed by atoms with Crippen LogP contribution in [-0.2, 0) is 0 Å². The molecule has 0 fully saturated rings. The molecule has 0 saturated heterocycles. The molecule has 0 amide bonds. The third-order valence-electron chi connectivity index (χ3n) is 1.29. The van der Waals surface area contributed by atoms with Crippen LogP contribution in [0.1, 0.15) is 5.76 Å². The fourth-order valence-electron chi connectivity index (χ4n) is 0.807. The summed E-state index contributed by atoms with van der Waals surface area (Å²) in [7, 11) is 0. The Bertz CT molecular complexity index is 441. The molecule has 0 aliphatic carbocycles. The van der Waals surface area contributed by atoms with Crippen LogP contribution in [0.4, 0.5) is 0 Å². The lowest BCUT2D eigenvalue weighted by Gasteiger charge is -1.78. The maximum atomic E-state index is 4.90. The molecular formula is C6H5N3OS2. The molecule has 0 atom stereocenters. The van der Waals surface area contributed by atoms with Gasteiger partial charge in [0.1, 0.15) is 11.5 Å². The van der Waals surface area contributed by atoms with Gasteiger partial charge in [0, 0.05) is 6.07 Å². The van der Waals surface area contributed by atoms with Crippen molar-refractivity contribution in [3.05, 3.63) is 15.8 Å². The average Bonchev–Trinajstić information content (AvgIpc) is 2.58. The zero-order valence-corrected chi connectivity index (χ0v) is 7.83. The summed E-state index contributed by atoms with van der Waals surface area (Å²) in [4.78, 5) is 0. The Balaban J connectivity index is 2.50. The quantitative estimate of drug-likeness (QED) is 0.715. The molecule has 4 nitrogen and oxygen atoms in total. The first-order valence-electron chi connectivity index (χ1n) is 3.25. The summed E-state index contributed by atoms with van der Waals surface area (Å²) in [5.74, 6) is 0.770. The number of aryl methyl sites for hydroxylation is 1. The average molecular weight is 199 g/mol. The minimum atomic E-state index is 0.644. The number of H-pyrrole nitrogens is 1. The van der Waals surface area contributed by atoms with Crippen molar-refractivity contribution < 1.29 is 4.52 Å². The van der Waals surface area contributed by atoms with Crippen molar-refractivity contribution >= 4 is 23.6 Å². The lowest BCUT2D eigenvalue weighted by Crippen LogP contribution is -1.73. The lowest BCUT2D eigenvalue weighted by molar-refractivity contribution is 0.399. The monoisotopic (exact) mass is 199 g/mol. The predicted molar refractivity (Wildman–Crippen MR) is 47.5 cm³/mol. The van der Waals surface area contributed by atoms with Gasteiger partial charge in [-0.15, -0.1) is 0 Å². The van der Waals surface area contributed by atoms with Gasteiger partial charge in [0.25, 0.3) is 0 Å². The van der Waals surface area contributed by atoms with Gasteiger partial charge in [0.2, 0.25) is 0 Å². The summed E-state index contributed by atoms with van der Waals surface area (Å²) in [6.45, 7) is 1.84. The summed E-state index contributed by atoms with van der Waals surface area (Å²) in [6.07, 6.45) is 0. The molecule has 0 aliphatic heterocycles. The van der Waals surface area contributed by atoms with Gasteiger partial charge in [0.05, 0.1) is 0 Å². The molecule has 6 heteroatoms. The lowest BCUT2D eigenvalue weighted by atomic mass is 10.4. The topological polar surface area (TPSA) is 54.7 Å². The highest BCUT2D eigenvalue weighted by Gasteiger charge is 2.06. The maximum absolute atomic E-state index is 4.90. The van der Waals surface area contributed by atoms with Crippen molar-refractivity contribution in [1.29, 1.82) is 0 Å². The van der Waals surface area contributed by atoms with E-state index in [1.165, 1.54) is 11.3 Å². The van der Waals surface area contributed by atoms with Gasteiger partial charge in [-0.25, -0.2) is 0 Å². The van der Waals surface area contributed by atoms with Gasteiger partial charge in [-0.1, -0.05) is 16.5 Å². The molecule has 2 rings (SSSR count). The summed E-state index contributed by atoms with van der Waals surface area (Å²) in [5.41, 5.74) is 0.727. The molecule has 62 valence electrons. The minimum Gasteiger partial charge on any atom is -0.361 e. The second-order valence-corrected chi connectivity index (χ2v) is 3.91. The van der Waals surface area contributed by atoms with E-state index in [0.29, 0.717) is 3.95 Å². The van der Waals surface area contributed by atoms with E-state index in [-0.39, 0.29) is 0 Å². The Kier molecular flexibility index (Phi) is 1.78. The highest BCUT2D eigenvalue weighted by atomic mass is 32.1. The Morgan fingerprint density at radius 1 is 1.67 bits per heavy atom. The largest absolute Gasteiger partial charge is 0.361 e. The van der Waals surface area contributed by atoms with Crippen molar-refractivity contribution in [2.45, 2.75) is 6.92 Å². The molecule has 2 aromatic rings. The molecule has 0 spiro atoms. The van der Waals surface area contributed by atoms with Crippen molar-refractivity contribution in [3.63, 3.8) is 0 Å². The molecule has 2 heterocycles. The zero-order chi connectivity index (χ0) is 8.55. The molecule has 0 aromatic carbocycles. The first-order chi connectivity index (χ1) is 5.75. The van der Waals surface area contributed by atoms with E-state index in [1.54, 1.807) is 0 Å². The van der Waals surface area contributed by atoms with Crippen LogP contribution >= 0.6 is 23.6 Å². The summed E-state index contributed by atoms with van der Waals surface area (Å²) >= 11 is 6.26. The zero-order valence-electron chi connectivity index (χ0n) is 6.20. The first kappa shape index (κ1) is 7.63. The summed E-state index contributed by atoms with van der Waals surface area (Å²) in [6, 6.07) is 1.82. The van der Waals surface area contributed by atoms with Crippen molar-refractivity contribution in [3.8, 4) is 10.7 Å². The van der Waals surface area contributed by atoms with E-state index >= 15 is 0 Å². The van der Waals surface area contributed by atoms with E-state index in [9.17, 15) is 0 Å². The van der Waals surface area contributed by atoms with E-state index < -0.39 is 0 Å². The van der Waals surface area contributed by atoms with Crippen LogP contribution in [0, 0.1) is 10.9 Å². The molecule has 1 N–H and O–H groups in total. The number of hydrogen-bond donors (Lipinski definition) is 1. The van der Waals surface area contributed by atoms with Crippen LogP contribution in [0.25, 0.3) is 10.7 Å². The first-order valence-corrected chi connectivity index (χ1v) is 4.47. The Labute approximate surface area is 77.2 Å². The van der Waals surface area contributed by atoms with E-state index in [4.69, 9.17) is 16.7 Å². The number of aromatic nitrogens is 3. The third-order valence-corrected chi connectivity index (χ3v) is 2.40. The van der Waals surface area contributed by atoms with Crippen molar-refractivity contribution in [1.82, 2.24) is 15.4 Å². The summed E-state index contributed by atoms with van der Waals surface area (Å²) in [5, 5.41) is 11.2. The van der Waals surface area contributed by atoms with E-state index in [2.05, 4.69) is 15.4 Å². The fourth-order valence-corrected chi connectivity index (χ4v) is 1.65. The Morgan fingerprint density at radius 2 is 2.50 bits per heavy atom. The SMILES string of the molecule is Cc1cc(-c2n[nH]c(=S)s2)no1. The van der Waals surface area contributed by atoms with Gasteiger partial charge >= 0.3 is 0 Å². The van der Waals surface area contributed by atoms with Crippen LogP contribution in [0.5, 0.6) is 0 Å². The van der Waals surface area contributed by atoms with Gasteiger partial charge < -0.3 is 4.52 Å². The Morgan fingerprint density at radius 3 is 3.00 bits per heavy atom. The molecule has 0 saturated carbocycles. The molecule has 0 unspecified atom stereocenters. The standard InChI is InChI=1S/C6H5N3OS2/c1-3-2-4(9-10-3)5-7-8-6(11)12-5/h2H,1H3,(H,8,11). The molecule has 12 heavy (non-hydrogen) atoms. The minimum absolute atomic E-state index is 0.644. The van der Waals surface area contributed by atoms with Gasteiger partial charge in [-0.2, -0.15) is 5.10 Å². The molecule has 0 aliphatic rings. The van der Waals surface area contributed by atoms with Crippen LogP contribution in [0.2, 0.25) is 0 Å². The van der Waals surface area contributed by atoms with Gasteiger partial charge in [-0.3, -0.25) is 5.10 Å². The van der Waals surface area contributed by atoms with Crippen molar-refractivity contribution in [2.24, 2.45) is 0 Å². The number of rotatable bonds is 1. The third kappa shape index (κ3) is 1.30. The molecular weight excluding hydrogens is 194 g/mol. The summed E-state index contributed by atoms with van der Waals surface area (Å²) < 4.78 is 5.54. The molecule has 0 radical (unpaired) electrons. The predicted octanol–water partition coefficient (Wildman–Crippen LogP) is 2.16. The fraction of sp³-hybridized carbons (Fsp3) is 0.167. The van der Waals surface area contributed by atoms with Crippen LogP contribution < -0.4 is 0 Å². The van der Waals surface area contributed by atoms with Gasteiger partial charge in [-0.05, 0) is 19.1 Å². The highest BCUT2D eigenvalue weighted by Crippen LogP contribution is 2.20. The maximum Gasteiger partial charge on any atom is 0.176 e. The molecule has 2 aromatic heterocycles. The molecule has 0 bridgehead atoms. The second-order valence-electron chi connectivity index (χ2n) is 2.24. The Hall–Kier alpha value is -1.01. The van der Waals surface area contributed by atoms with Crippen molar-refractivity contribution in [2.75, 3.05) is 0 Å². The van der Waals surface area contributed by atoms with E-state index in [1.807, 2.05) is 13.0 Å². The smallest absolute Gasteiger partial charge is 0.176 e. The van der Waals surface area contributed by atoms with Crippen LogP contribution in [0.15, 0.2) is 10.6 Å².